The maximum absolute atomic E-state index is 11.5. The summed E-state index contributed by atoms with van der Waals surface area (Å²) in [4.78, 5) is 13.2. The van der Waals surface area contributed by atoms with Crippen LogP contribution in [0.15, 0.2) is 23.4 Å². The molecule has 0 aromatic heterocycles. The van der Waals surface area contributed by atoms with Gasteiger partial charge in [0, 0.05) is 4.53 Å². The maximum Gasteiger partial charge on any atom is 0.204 e. The number of benzene rings is 1. The Bertz CT molecular complexity index is 277. The Morgan fingerprint density at radius 1 is 1.55 bits per heavy atom. The van der Waals surface area contributed by atoms with Gasteiger partial charge in [0.05, 0.1) is 0 Å². The summed E-state index contributed by atoms with van der Waals surface area (Å²) in [6.45, 7) is 0. The highest BCUT2D eigenvalue weighted by Crippen LogP contribution is 2.35. The van der Waals surface area contributed by atoms with Crippen LogP contribution in [0.5, 0.6) is 11.5 Å². The molecule has 1 rings (SSSR count). The van der Waals surface area contributed by atoms with Crippen LogP contribution in [0.2, 0.25) is 0 Å². The standard InChI is InChI=1S/C6H4FNO3/c7-11-5-3-1-2-4(9)6(5)8-10/h1-3,9H. The normalized spacial score (nSPS) is 9.18. The zero-order valence-corrected chi connectivity index (χ0v) is 5.32. The number of nitroso groups, excluding NO2 is 1. The molecule has 58 valence electrons. The summed E-state index contributed by atoms with van der Waals surface area (Å²) >= 11 is 0. The Hall–Kier alpha value is -1.65. The van der Waals surface area contributed by atoms with E-state index in [1.54, 1.807) is 0 Å². The molecule has 0 aliphatic carbocycles. The highest BCUT2D eigenvalue weighted by atomic mass is 19.3. The van der Waals surface area contributed by atoms with Gasteiger partial charge in [0.2, 0.25) is 5.75 Å². The molecular weight excluding hydrogens is 153 g/mol. The van der Waals surface area contributed by atoms with Gasteiger partial charge in [-0.1, -0.05) is 6.07 Å². The number of phenolic OH excluding ortho intramolecular Hbond substituents is 1. The van der Waals surface area contributed by atoms with Gasteiger partial charge >= 0.3 is 0 Å². The largest absolute Gasteiger partial charge is 0.505 e. The fraction of sp³-hybridized carbons (Fsp3) is 0. The smallest absolute Gasteiger partial charge is 0.204 e. The molecule has 1 N–H and O–H groups in total. The quantitative estimate of drug-likeness (QED) is 0.668. The molecule has 0 unspecified atom stereocenters. The Balaban J connectivity index is 3.24. The summed E-state index contributed by atoms with van der Waals surface area (Å²) in [5, 5.41) is 11.3. The van der Waals surface area contributed by atoms with Crippen molar-refractivity contribution < 1.29 is 14.6 Å². The number of hydrogen-bond acceptors (Lipinski definition) is 4. The van der Waals surface area contributed by atoms with Gasteiger partial charge in [0.25, 0.3) is 0 Å². The topological polar surface area (TPSA) is 58.9 Å². The molecule has 0 spiro atoms. The molecule has 4 nitrogen and oxygen atoms in total. The van der Waals surface area contributed by atoms with E-state index in [2.05, 4.69) is 10.1 Å². The van der Waals surface area contributed by atoms with Crippen LogP contribution in [0.1, 0.15) is 0 Å². The average Bonchev–Trinajstić information content (AvgIpc) is 2.04. The molecule has 0 radical (unpaired) electrons. The molecule has 0 aliphatic heterocycles. The molecule has 0 saturated carbocycles. The van der Waals surface area contributed by atoms with E-state index in [1.165, 1.54) is 18.2 Å². The van der Waals surface area contributed by atoms with Crippen LogP contribution < -0.4 is 4.94 Å². The second-order valence-electron chi connectivity index (χ2n) is 1.79. The second-order valence-corrected chi connectivity index (χ2v) is 1.79. The van der Waals surface area contributed by atoms with E-state index in [-0.39, 0.29) is 5.75 Å². The second kappa shape index (κ2) is 2.96. The van der Waals surface area contributed by atoms with Crippen LogP contribution in [-0.2, 0) is 0 Å². The molecule has 1 aromatic rings. The monoisotopic (exact) mass is 157 g/mol. The summed E-state index contributed by atoms with van der Waals surface area (Å²) in [6, 6.07) is 3.72. The number of phenols is 1. The van der Waals surface area contributed by atoms with E-state index in [0.29, 0.717) is 0 Å². The number of rotatable bonds is 2. The minimum Gasteiger partial charge on any atom is -0.505 e. The van der Waals surface area contributed by atoms with Crippen molar-refractivity contribution in [1.82, 2.24) is 0 Å². The van der Waals surface area contributed by atoms with Gasteiger partial charge in [0.1, 0.15) is 5.75 Å². The Morgan fingerprint density at radius 2 is 2.27 bits per heavy atom. The molecule has 0 heterocycles. The number of halogens is 1. The van der Waals surface area contributed by atoms with Gasteiger partial charge in [-0.3, -0.25) is 4.94 Å². The minimum absolute atomic E-state index is 0.389. The van der Waals surface area contributed by atoms with Crippen molar-refractivity contribution in [2.24, 2.45) is 5.18 Å². The van der Waals surface area contributed by atoms with Crippen molar-refractivity contribution in [2.45, 2.75) is 0 Å². The molecule has 0 amide bonds. The first-order valence-corrected chi connectivity index (χ1v) is 2.73. The van der Waals surface area contributed by atoms with E-state index in [4.69, 9.17) is 5.11 Å². The number of hydrogen-bond donors (Lipinski definition) is 1. The van der Waals surface area contributed by atoms with Crippen LogP contribution >= 0.6 is 0 Å². The van der Waals surface area contributed by atoms with E-state index in [1.807, 2.05) is 0 Å². The molecule has 1 aromatic carbocycles. The van der Waals surface area contributed by atoms with Crippen LogP contribution in [0.3, 0.4) is 0 Å². The van der Waals surface area contributed by atoms with Gasteiger partial charge in [-0.25, -0.2) is 0 Å². The van der Waals surface area contributed by atoms with Crippen molar-refractivity contribution in [3.63, 3.8) is 0 Å². The molecule has 0 bridgehead atoms. The fourth-order valence-corrected chi connectivity index (χ4v) is 0.665. The van der Waals surface area contributed by atoms with Crippen LogP contribution in [0.4, 0.5) is 10.2 Å². The highest BCUT2D eigenvalue weighted by molar-refractivity contribution is 5.60. The van der Waals surface area contributed by atoms with Crippen LogP contribution in [0.25, 0.3) is 0 Å². The summed E-state index contributed by atoms with van der Waals surface area (Å²) in [7, 11) is 0. The first-order valence-electron chi connectivity index (χ1n) is 2.73. The zero-order chi connectivity index (χ0) is 8.27. The molecular formula is C6H4FNO3. The number of aromatic hydroxyl groups is 1. The first-order chi connectivity index (χ1) is 5.29. The van der Waals surface area contributed by atoms with Crippen molar-refractivity contribution in [2.75, 3.05) is 0 Å². The summed E-state index contributed by atoms with van der Waals surface area (Å²) in [5.41, 5.74) is -0.435. The average molecular weight is 157 g/mol. The first kappa shape index (κ1) is 7.46. The van der Waals surface area contributed by atoms with E-state index >= 15 is 0 Å². The Morgan fingerprint density at radius 3 is 2.73 bits per heavy atom. The van der Waals surface area contributed by atoms with Crippen LogP contribution in [0, 0.1) is 4.91 Å². The molecule has 0 atom stereocenters. The van der Waals surface area contributed by atoms with Gasteiger partial charge in [-0.2, -0.15) is 0 Å². The summed E-state index contributed by atoms with van der Waals surface area (Å²) < 4.78 is 11.5. The Labute approximate surface area is 61.1 Å². The molecule has 0 aliphatic rings. The van der Waals surface area contributed by atoms with Crippen molar-refractivity contribution >= 4 is 5.69 Å². The lowest BCUT2D eigenvalue weighted by molar-refractivity contribution is -0.00560. The third-order valence-corrected chi connectivity index (χ3v) is 1.15. The van der Waals surface area contributed by atoms with Crippen molar-refractivity contribution in [1.29, 1.82) is 0 Å². The fourth-order valence-electron chi connectivity index (χ4n) is 0.665. The van der Waals surface area contributed by atoms with Gasteiger partial charge in [-0.05, 0) is 17.3 Å². The van der Waals surface area contributed by atoms with E-state index in [9.17, 15) is 9.43 Å². The SMILES string of the molecule is O=Nc1c(O)cccc1OF. The lowest BCUT2D eigenvalue weighted by atomic mass is 10.3. The predicted molar refractivity (Wildman–Crippen MR) is 35.3 cm³/mol. The van der Waals surface area contributed by atoms with Gasteiger partial charge < -0.3 is 5.11 Å². The van der Waals surface area contributed by atoms with Gasteiger partial charge in [-0.15, -0.1) is 4.91 Å². The van der Waals surface area contributed by atoms with E-state index in [0.717, 1.165) is 0 Å². The van der Waals surface area contributed by atoms with Gasteiger partial charge in [0.15, 0.2) is 5.69 Å². The lowest BCUT2D eigenvalue weighted by Crippen LogP contribution is -1.76. The minimum atomic E-state index is -0.435. The summed E-state index contributed by atoms with van der Waals surface area (Å²) in [6.07, 6.45) is 0. The maximum atomic E-state index is 11.5. The molecule has 11 heavy (non-hydrogen) atoms. The van der Waals surface area contributed by atoms with Crippen LogP contribution in [-0.4, -0.2) is 5.11 Å². The predicted octanol–water partition coefficient (Wildman–Crippen LogP) is 2.05. The number of nitrogens with zero attached hydrogens (tertiary/aromatic N) is 1. The molecule has 5 heteroatoms. The lowest BCUT2D eigenvalue weighted by Gasteiger charge is -1.97. The molecule has 0 fully saturated rings. The van der Waals surface area contributed by atoms with Crippen molar-refractivity contribution in [3.8, 4) is 11.5 Å². The summed E-state index contributed by atoms with van der Waals surface area (Å²) in [5.74, 6) is -0.796. The Kier molecular flexibility index (Phi) is 2.00. The highest BCUT2D eigenvalue weighted by Gasteiger charge is 2.09. The van der Waals surface area contributed by atoms with Crippen molar-refractivity contribution in [3.05, 3.63) is 23.1 Å². The third kappa shape index (κ3) is 1.26. The zero-order valence-electron chi connectivity index (χ0n) is 5.32. The molecule has 0 saturated heterocycles. The van der Waals surface area contributed by atoms with E-state index < -0.39 is 11.4 Å². The third-order valence-electron chi connectivity index (χ3n) is 1.15.